The van der Waals surface area contributed by atoms with Gasteiger partial charge in [0.15, 0.2) is 0 Å². The van der Waals surface area contributed by atoms with Crippen LogP contribution in [0.25, 0.3) is 0 Å². The summed E-state index contributed by atoms with van der Waals surface area (Å²) in [5.74, 6) is -0.996. The minimum absolute atomic E-state index is 0.0589. The molecule has 0 spiro atoms. The normalized spacial score (nSPS) is 18.8. The topological polar surface area (TPSA) is 90.0 Å². The van der Waals surface area contributed by atoms with E-state index in [4.69, 9.17) is 9.47 Å². The standard InChI is InChI=1S/C24H29NO6S/c1-3-25(21-14-12-19(13-15-21)23(26)30-2)32(28,29)22-11-7-10-20(16-22)24(27)31-17-18-8-5-4-6-9-18/h4-11,16,19,21H,3,12-15,17H2,1-2H3/t19-,21+. The summed E-state index contributed by atoms with van der Waals surface area (Å²) in [6.45, 7) is 2.21. The van der Waals surface area contributed by atoms with Gasteiger partial charge in [-0.3, -0.25) is 4.79 Å². The summed E-state index contributed by atoms with van der Waals surface area (Å²) >= 11 is 0. The third-order valence-electron chi connectivity index (χ3n) is 5.84. The Bertz CT molecular complexity index is 1030. The molecule has 2 aromatic carbocycles. The van der Waals surface area contributed by atoms with Crippen LogP contribution in [0.15, 0.2) is 59.5 Å². The maximum absolute atomic E-state index is 13.4. The molecule has 0 amide bonds. The molecule has 0 heterocycles. The van der Waals surface area contributed by atoms with Gasteiger partial charge in [0.2, 0.25) is 10.0 Å². The highest BCUT2D eigenvalue weighted by Gasteiger charge is 2.35. The third-order valence-corrected chi connectivity index (χ3v) is 7.86. The van der Waals surface area contributed by atoms with Gasteiger partial charge in [0, 0.05) is 12.6 Å². The fourth-order valence-corrected chi connectivity index (χ4v) is 5.86. The van der Waals surface area contributed by atoms with Crippen LogP contribution in [0.5, 0.6) is 0 Å². The van der Waals surface area contributed by atoms with Crippen LogP contribution in [0, 0.1) is 5.92 Å². The molecule has 0 atom stereocenters. The van der Waals surface area contributed by atoms with Crippen LogP contribution in [-0.2, 0) is 30.9 Å². The maximum atomic E-state index is 13.4. The summed E-state index contributed by atoms with van der Waals surface area (Å²) in [4.78, 5) is 24.3. The Balaban J connectivity index is 1.71. The quantitative estimate of drug-likeness (QED) is 0.558. The summed E-state index contributed by atoms with van der Waals surface area (Å²) in [5.41, 5.74) is 1.04. The molecule has 0 aromatic heterocycles. The van der Waals surface area contributed by atoms with Crippen molar-refractivity contribution in [2.24, 2.45) is 5.92 Å². The Labute approximate surface area is 189 Å². The van der Waals surface area contributed by atoms with E-state index in [1.165, 1.54) is 23.5 Å². The second kappa shape index (κ2) is 10.7. The van der Waals surface area contributed by atoms with E-state index in [0.717, 1.165) is 5.56 Å². The van der Waals surface area contributed by atoms with Crippen LogP contribution in [0.3, 0.4) is 0 Å². The summed E-state index contributed by atoms with van der Waals surface area (Å²) in [6, 6.07) is 15.0. The predicted molar refractivity (Wildman–Crippen MR) is 119 cm³/mol. The molecule has 8 heteroatoms. The van der Waals surface area contributed by atoms with E-state index < -0.39 is 16.0 Å². The Kier molecular flexibility index (Phi) is 8.04. The monoisotopic (exact) mass is 459 g/mol. The first-order valence-corrected chi connectivity index (χ1v) is 12.2. The molecule has 1 aliphatic rings. The van der Waals surface area contributed by atoms with Crippen LogP contribution >= 0.6 is 0 Å². The largest absolute Gasteiger partial charge is 0.469 e. The molecular formula is C24H29NO6S. The first-order chi connectivity index (χ1) is 15.4. The van der Waals surface area contributed by atoms with Crippen molar-refractivity contribution < 1.29 is 27.5 Å². The number of esters is 2. The fraction of sp³-hybridized carbons (Fsp3) is 0.417. The van der Waals surface area contributed by atoms with Crippen molar-refractivity contribution in [3.8, 4) is 0 Å². The molecule has 172 valence electrons. The number of rotatable bonds is 8. The van der Waals surface area contributed by atoms with E-state index in [-0.39, 0.29) is 35.0 Å². The molecule has 0 radical (unpaired) electrons. The zero-order chi connectivity index (χ0) is 23.1. The minimum atomic E-state index is -3.81. The predicted octanol–water partition coefficient (Wildman–Crippen LogP) is 3.79. The van der Waals surface area contributed by atoms with Gasteiger partial charge in [-0.15, -0.1) is 0 Å². The number of carbonyl (C=O) groups is 2. The molecule has 1 fully saturated rings. The maximum Gasteiger partial charge on any atom is 0.338 e. The van der Waals surface area contributed by atoms with E-state index >= 15 is 0 Å². The molecule has 0 aliphatic heterocycles. The number of sulfonamides is 1. The van der Waals surface area contributed by atoms with Gasteiger partial charge in [0.05, 0.1) is 23.5 Å². The SMILES string of the molecule is CCN([C@H]1CC[C@@H](C(=O)OC)CC1)S(=O)(=O)c1cccc(C(=O)OCc2ccccc2)c1. The average molecular weight is 460 g/mol. The molecule has 1 saturated carbocycles. The molecule has 0 saturated heterocycles. The number of benzene rings is 2. The molecule has 0 bridgehead atoms. The van der Waals surface area contributed by atoms with E-state index in [9.17, 15) is 18.0 Å². The van der Waals surface area contributed by atoms with E-state index in [1.54, 1.807) is 19.1 Å². The highest BCUT2D eigenvalue weighted by molar-refractivity contribution is 7.89. The van der Waals surface area contributed by atoms with Crippen molar-refractivity contribution in [2.75, 3.05) is 13.7 Å². The Morgan fingerprint density at radius 2 is 1.69 bits per heavy atom. The van der Waals surface area contributed by atoms with Crippen molar-refractivity contribution in [2.45, 2.75) is 50.2 Å². The first-order valence-electron chi connectivity index (χ1n) is 10.8. The van der Waals surface area contributed by atoms with Crippen LogP contribution < -0.4 is 0 Å². The molecule has 2 aromatic rings. The number of hydrogen-bond acceptors (Lipinski definition) is 6. The lowest BCUT2D eigenvalue weighted by molar-refractivity contribution is -0.146. The second-order valence-corrected chi connectivity index (χ2v) is 9.72. The van der Waals surface area contributed by atoms with Crippen molar-refractivity contribution in [1.29, 1.82) is 0 Å². The molecule has 32 heavy (non-hydrogen) atoms. The van der Waals surface area contributed by atoms with E-state index in [2.05, 4.69) is 0 Å². The van der Waals surface area contributed by atoms with Gasteiger partial charge in [0.1, 0.15) is 6.61 Å². The molecule has 0 unspecified atom stereocenters. The molecule has 7 nitrogen and oxygen atoms in total. The molecule has 0 N–H and O–H groups in total. The van der Waals surface area contributed by atoms with Gasteiger partial charge in [-0.2, -0.15) is 4.31 Å². The Morgan fingerprint density at radius 1 is 1.00 bits per heavy atom. The summed E-state index contributed by atoms with van der Waals surface area (Å²) < 4.78 is 38.4. The van der Waals surface area contributed by atoms with Gasteiger partial charge in [-0.25, -0.2) is 13.2 Å². The number of ether oxygens (including phenoxy) is 2. The number of hydrogen-bond donors (Lipinski definition) is 0. The van der Waals surface area contributed by atoms with Crippen LogP contribution in [0.2, 0.25) is 0 Å². The third kappa shape index (κ3) is 5.55. The first kappa shape index (κ1) is 23.9. The summed E-state index contributed by atoms with van der Waals surface area (Å²) in [6.07, 6.45) is 2.36. The van der Waals surface area contributed by atoms with Crippen molar-refractivity contribution >= 4 is 22.0 Å². The summed E-state index contributed by atoms with van der Waals surface area (Å²) in [5, 5.41) is 0. The molecule has 1 aliphatic carbocycles. The number of methoxy groups -OCH3 is 1. The lowest BCUT2D eigenvalue weighted by Gasteiger charge is -2.34. The average Bonchev–Trinajstić information content (AvgIpc) is 2.83. The molecule has 3 rings (SSSR count). The van der Waals surface area contributed by atoms with Gasteiger partial charge < -0.3 is 9.47 Å². The van der Waals surface area contributed by atoms with Gasteiger partial charge >= 0.3 is 11.9 Å². The Morgan fingerprint density at radius 3 is 2.31 bits per heavy atom. The lowest BCUT2D eigenvalue weighted by atomic mass is 9.86. The zero-order valence-corrected chi connectivity index (χ0v) is 19.2. The number of carbonyl (C=O) groups excluding carboxylic acids is 2. The highest BCUT2D eigenvalue weighted by atomic mass is 32.2. The van der Waals surface area contributed by atoms with Crippen molar-refractivity contribution in [3.63, 3.8) is 0 Å². The molecular weight excluding hydrogens is 430 g/mol. The van der Waals surface area contributed by atoms with Crippen LogP contribution in [-0.4, -0.2) is 44.4 Å². The number of nitrogens with zero attached hydrogens (tertiary/aromatic N) is 1. The van der Waals surface area contributed by atoms with Gasteiger partial charge in [0.25, 0.3) is 0 Å². The highest BCUT2D eigenvalue weighted by Crippen LogP contribution is 2.31. The lowest BCUT2D eigenvalue weighted by Crippen LogP contribution is -2.43. The van der Waals surface area contributed by atoms with E-state index in [0.29, 0.717) is 32.2 Å². The fourth-order valence-electron chi connectivity index (χ4n) is 4.12. The minimum Gasteiger partial charge on any atom is -0.469 e. The Hall–Kier alpha value is -2.71. The van der Waals surface area contributed by atoms with Crippen molar-refractivity contribution in [1.82, 2.24) is 4.31 Å². The van der Waals surface area contributed by atoms with Gasteiger partial charge in [-0.1, -0.05) is 43.3 Å². The van der Waals surface area contributed by atoms with E-state index in [1.807, 2.05) is 30.3 Å². The second-order valence-electron chi connectivity index (χ2n) is 7.83. The summed E-state index contributed by atoms with van der Waals surface area (Å²) in [7, 11) is -2.44. The van der Waals surface area contributed by atoms with Crippen LogP contribution in [0.4, 0.5) is 0 Å². The van der Waals surface area contributed by atoms with Gasteiger partial charge in [-0.05, 0) is 49.4 Å². The smallest absolute Gasteiger partial charge is 0.338 e. The van der Waals surface area contributed by atoms with Crippen LogP contribution in [0.1, 0.15) is 48.5 Å². The van der Waals surface area contributed by atoms with Crippen molar-refractivity contribution in [3.05, 3.63) is 65.7 Å². The zero-order valence-electron chi connectivity index (χ0n) is 18.4.